The van der Waals surface area contributed by atoms with Crippen molar-refractivity contribution in [2.75, 3.05) is 4.90 Å². The SMILES string of the molecule is [C-]#[N+]c1ccc(-c2ccc(C3C=C(c4ccccc4)N4C(=N3)Oc3ccccc34)cc2)c2ccccc12. The summed E-state index contributed by atoms with van der Waals surface area (Å²) in [6.07, 6.45) is 2.21. The summed E-state index contributed by atoms with van der Waals surface area (Å²) in [4.78, 5) is 10.8. The molecule has 0 spiro atoms. The predicted molar refractivity (Wildman–Crippen MR) is 150 cm³/mol. The van der Waals surface area contributed by atoms with Gasteiger partial charge in [0.25, 0.3) is 0 Å². The van der Waals surface area contributed by atoms with Crippen LogP contribution in [-0.2, 0) is 0 Å². The second-order valence-electron chi connectivity index (χ2n) is 9.09. The number of aliphatic imine (C=N–C) groups is 1. The molecule has 0 aromatic heterocycles. The zero-order valence-electron chi connectivity index (χ0n) is 19.9. The molecule has 0 radical (unpaired) electrons. The molecule has 0 amide bonds. The van der Waals surface area contributed by atoms with E-state index in [2.05, 4.69) is 76.5 Å². The number of hydrogen-bond donors (Lipinski definition) is 0. The lowest BCUT2D eigenvalue weighted by Gasteiger charge is -2.27. The molecule has 0 fully saturated rings. The van der Waals surface area contributed by atoms with E-state index >= 15 is 0 Å². The van der Waals surface area contributed by atoms with Crippen LogP contribution in [0.5, 0.6) is 5.75 Å². The zero-order chi connectivity index (χ0) is 24.8. The van der Waals surface area contributed by atoms with E-state index in [4.69, 9.17) is 16.3 Å². The van der Waals surface area contributed by atoms with E-state index in [1.807, 2.05) is 54.6 Å². The molecule has 37 heavy (non-hydrogen) atoms. The summed E-state index contributed by atoms with van der Waals surface area (Å²) in [6, 6.07) is 39.4. The summed E-state index contributed by atoms with van der Waals surface area (Å²) >= 11 is 0. The second kappa shape index (κ2) is 8.51. The van der Waals surface area contributed by atoms with Crippen LogP contribution in [0.3, 0.4) is 0 Å². The van der Waals surface area contributed by atoms with E-state index in [0.717, 1.165) is 50.2 Å². The highest BCUT2D eigenvalue weighted by molar-refractivity contribution is 6.12. The Bertz CT molecular complexity index is 1760. The number of anilines is 1. The minimum atomic E-state index is -0.175. The van der Waals surface area contributed by atoms with E-state index in [1.165, 1.54) is 0 Å². The standard InChI is InChI=1S/C33H21N3O/c1-34-28-20-19-25(26-11-5-6-12-27(26)28)22-15-17-23(18-16-22)29-21-31(24-9-3-2-4-10-24)36-30-13-7-8-14-32(30)37-33(36)35-29/h2-21,29H. The first kappa shape index (κ1) is 21.2. The van der Waals surface area contributed by atoms with Gasteiger partial charge in [-0.2, -0.15) is 0 Å². The second-order valence-corrected chi connectivity index (χ2v) is 9.09. The van der Waals surface area contributed by atoms with Gasteiger partial charge < -0.3 is 4.74 Å². The number of amidine groups is 1. The highest BCUT2D eigenvalue weighted by Crippen LogP contribution is 2.44. The van der Waals surface area contributed by atoms with E-state index in [1.54, 1.807) is 0 Å². The summed E-state index contributed by atoms with van der Waals surface area (Å²) < 4.78 is 6.19. The van der Waals surface area contributed by atoms with Gasteiger partial charge >= 0.3 is 6.02 Å². The van der Waals surface area contributed by atoms with Crippen molar-refractivity contribution in [2.24, 2.45) is 4.99 Å². The first-order valence-corrected chi connectivity index (χ1v) is 12.2. The predicted octanol–water partition coefficient (Wildman–Crippen LogP) is 8.41. The lowest BCUT2D eigenvalue weighted by molar-refractivity contribution is 0.556. The molecule has 5 aromatic carbocycles. The molecule has 1 unspecified atom stereocenters. The zero-order valence-corrected chi connectivity index (χ0v) is 19.9. The fourth-order valence-corrected chi connectivity index (χ4v) is 5.17. The van der Waals surface area contributed by atoms with Gasteiger partial charge in [-0.15, -0.1) is 0 Å². The van der Waals surface area contributed by atoms with Gasteiger partial charge in [0.05, 0.1) is 18.0 Å². The maximum absolute atomic E-state index is 7.51. The molecule has 2 aliphatic rings. The number of benzene rings is 5. The van der Waals surface area contributed by atoms with Crippen molar-refractivity contribution in [3.05, 3.63) is 144 Å². The van der Waals surface area contributed by atoms with Crippen molar-refractivity contribution in [1.29, 1.82) is 0 Å². The maximum Gasteiger partial charge on any atom is 0.303 e. The molecule has 4 heteroatoms. The third-order valence-electron chi connectivity index (χ3n) is 6.96. The van der Waals surface area contributed by atoms with E-state index in [-0.39, 0.29) is 6.04 Å². The topological polar surface area (TPSA) is 29.2 Å². The Morgan fingerprint density at radius 3 is 2.24 bits per heavy atom. The van der Waals surface area contributed by atoms with Crippen LogP contribution in [0.2, 0.25) is 0 Å². The Hall–Kier alpha value is -5.14. The number of fused-ring (bicyclic) bond motifs is 4. The van der Waals surface area contributed by atoms with Crippen LogP contribution >= 0.6 is 0 Å². The van der Waals surface area contributed by atoms with Gasteiger partial charge in [-0.05, 0) is 51.2 Å². The van der Waals surface area contributed by atoms with Crippen LogP contribution in [-0.4, -0.2) is 6.02 Å². The normalized spacial score (nSPS) is 15.8. The third-order valence-corrected chi connectivity index (χ3v) is 6.96. The highest BCUT2D eigenvalue weighted by atomic mass is 16.5. The van der Waals surface area contributed by atoms with Crippen LogP contribution in [0.15, 0.2) is 126 Å². The van der Waals surface area contributed by atoms with Crippen LogP contribution < -0.4 is 9.64 Å². The van der Waals surface area contributed by atoms with Crippen LogP contribution in [0, 0.1) is 6.57 Å². The monoisotopic (exact) mass is 475 g/mol. The van der Waals surface area contributed by atoms with Crippen molar-refractivity contribution < 1.29 is 4.74 Å². The summed E-state index contributed by atoms with van der Waals surface area (Å²) in [5.41, 5.74) is 7.17. The van der Waals surface area contributed by atoms with Crippen molar-refractivity contribution in [3.8, 4) is 16.9 Å². The third kappa shape index (κ3) is 3.49. The number of hydrogen-bond acceptors (Lipinski definition) is 3. The van der Waals surface area contributed by atoms with Gasteiger partial charge in [0.1, 0.15) is 6.04 Å². The fourth-order valence-electron chi connectivity index (χ4n) is 5.17. The van der Waals surface area contributed by atoms with Crippen molar-refractivity contribution in [1.82, 2.24) is 0 Å². The van der Waals surface area contributed by atoms with Crippen LogP contribution in [0.4, 0.5) is 11.4 Å². The first-order valence-electron chi connectivity index (χ1n) is 12.2. The summed E-state index contributed by atoms with van der Waals surface area (Å²) in [5, 5.41) is 2.06. The lowest BCUT2D eigenvalue weighted by Crippen LogP contribution is -2.31. The average Bonchev–Trinajstić information content (AvgIpc) is 3.35. The average molecular weight is 476 g/mol. The summed E-state index contributed by atoms with van der Waals surface area (Å²) in [7, 11) is 0. The number of para-hydroxylation sites is 2. The van der Waals surface area contributed by atoms with E-state index in [0.29, 0.717) is 11.7 Å². The Labute approximate surface area is 215 Å². The molecule has 0 saturated heterocycles. The summed E-state index contributed by atoms with van der Waals surface area (Å²) in [5.74, 6) is 0.814. The van der Waals surface area contributed by atoms with Crippen LogP contribution in [0.25, 0.3) is 32.4 Å². The fraction of sp³-hybridized carbons (Fsp3) is 0.0303. The molecule has 1 atom stereocenters. The Morgan fingerprint density at radius 1 is 0.703 bits per heavy atom. The molecule has 5 aromatic rings. The van der Waals surface area contributed by atoms with Crippen LogP contribution in [0.1, 0.15) is 17.2 Å². The van der Waals surface area contributed by atoms with Crippen molar-refractivity contribution >= 4 is 33.9 Å². The molecule has 0 N–H and O–H groups in total. The molecule has 174 valence electrons. The minimum Gasteiger partial charge on any atom is -0.423 e. The van der Waals surface area contributed by atoms with Crippen molar-refractivity contribution in [3.63, 3.8) is 0 Å². The molecular weight excluding hydrogens is 454 g/mol. The van der Waals surface area contributed by atoms with Gasteiger partial charge in [0.2, 0.25) is 0 Å². The molecule has 4 nitrogen and oxygen atoms in total. The smallest absolute Gasteiger partial charge is 0.303 e. The maximum atomic E-state index is 7.51. The lowest BCUT2D eigenvalue weighted by atomic mass is 9.95. The summed E-state index contributed by atoms with van der Waals surface area (Å²) in [6.45, 7) is 7.51. The van der Waals surface area contributed by atoms with Gasteiger partial charge in [-0.3, -0.25) is 4.90 Å². The Balaban J connectivity index is 1.30. The molecule has 0 aliphatic carbocycles. The number of ether oxygens (including phenoxy) is 1. The van der Waals surface area contributed by atoms with E-state index in [9.17, 15) is 0 Å². The van der Waals surface area contributed by atoms with Crippen molar-refractivity contribution in [2.45, 2.75) is 6.04 Å². The Morgan fingerprint density at radius 2 is 1.43 bits per heavy atom. The number of nitrogens with zero attached hydrogens (tertiary/aromatic N) is 3. The highest BCUT2D eigenvalue weighted by Gasteiger charge is 2.35. The molecule has 2 heterocycles. The van der Waals surface area contributed by atoms with Gasteiger partial charge in [-0.25, -0.2) is 9.84 Å². The molecule has 0 bridgehead atoms. The molecule has 0 saturated carbocycles. The van der Waals surface area contributed by atoms with E-state index < -0.39 is 0 Å². The minimum absolute atomic E-state index is 0.175. The molecule has 7 rings (SSSR count). The number of rotatable bonds is 3. The molecule has 2 aliphatic heterocycles. The largest absolute Gasteiger partial charge is 0.423 e. The quantitative estimate of drug-likeness (QED) is 0.245. The first-order chi connectivity index (χ1) is 18.3. The van der Waals surface area contributed by atoms with Gasteiger partial charge in [-0.1, -0.05) is 103 Å². The molecular formula is C33H21N3O. The Kier molecular flexibility index (Phi) is 4.87. The van der Waals surface area contributed by atoms with Gasteiger partial charge in [0, 0.05) is 0 Å². The van der Waals surface area contributed by atoms with Gasteiger partial charge in [0.15, 0.2) is 11.4 Å².